The number of benzene rings is 2. The molecule has 5 nitrogen and oxygen atoms in total. The Hall–Kier alpha value is -2.25. The summed E-state index contributed by atoms with van der Waals surface area (Å²) in [7, 11) is -3.58. The minimum Gasteiger partial charge on any atom is -0.336 e. The number of carbonyl (C=O) groups is 1. The molecule has 2 aromatic rings. The number of sulfonamides is 1. The molecule has 7 heteroatoms. The standard InChI is InChI=1S/C21H25FN2O3S/c1-3-4-17-6-9-19(10-7-17)28(26,27)24-13-11-23(12-14-24)21(25)18-8-5-16(2)20(22)15-18/h5-10,15H,3-4,11-14H2,1-2H3. The molecule has 0 radical (unpaired) electrons. The zero-order valence-corrected chi connectivity index (χ0v) is 17.0. The lowest BCUT2D eigenvalue weighted by molar-refractivity contribution is 0.0697. The van der Waals surface area contributed by atoms with Gasteiger partial charge in [0.25, 0.3) is 5.91 Å². The maximum atomic E-state index is 13.7. The van der Waals surface area contributed by atoms with Gasteiger partial charge < -0.3 is 4.90 Å². The van der Waals surface area contributed by atoms with Crippen molar-refractivity contribution in [3.63, 3.8) is 0 Å². The van der Waals surface area contributed by atoms with Crippen LogP contribution in [-0.2, 0) is 16.4 Å². The van der Waals surface area contributed by atoms with E-state index in [2.05, 4.69) is 6.92 Å². The van der Waals surface area contributed by atoms with Crippen LogP contribution in [-0.4, -0.2) is 49.7 Å². The smallest absolute Gasteiger partial charge is 0.254 e. The number of rotatable bonds is 5. The highest BCUT2D eigenvalue weighted by Crippen LogP contribution is 2.20. The first-order chi connectivity index (χ1) is 13.3. The Morgan fingerprint density at radius 1 is 1.04 bits per heavy atom. The van der Waals surface area contributed by atoms with E-state index in [0.717, 1.165) is 18.4 Å². The summed E-state index contributed by atoms with van der Waals surface area (Å²) in [6.45, 7) is 4.72. The van der Waals surface area contributed by atoms with Gasteiger partial charge in [0, 0.05) is 31.7 Å². The fraction of sp³-hybridized carbons (Fsp3) is 0.381. The van der Waals surface area contributed by atoms with E-state index in [9.17, 15) is 17.6 Å². The van der Waals surface area contributed by atoms with Gasteiger partial charge in [0.2, 0.25) is 10.0 Å². The summed E-state index contributed by atoms with van der Waals surface area (Å²) < 4.78 is 40.9. The summed E-state index contributed by atoms with van der Waals surface area (Å²) in [5.74, 6) is -0.696. The van der Waals surface area contributed by atoms with E-state index < -0.39 is 15.8 Å². The maximum Gasteiger partial charge on any atom is 0.254 e. The van der Waals surface area contributed by atoms with E-state index >= 15 is 0 Å². The van der Waals surface area contributed by atoms with Gasteiger partial charge in [0.1, 0.15) is 5.82 Å². The summed E-state index contributed by atoms with van der Waals surface area (Å²) in [6, 6.07) is 11.4. The molecule has 28 heavy (non-hydrogen) atoms. The van der Waals surface area contributed by atoms with Crippen molar-refractivity contribution >= 4 is 15.9 Å². The second kappa shape index (κ2) is 8.41. The van der Waals surface area contributed by atoms with Gasteiger partial charge in [0.05, 0.1) is 4.90 Å². The van der Waals surface area contributed by atoms with Gasteiger partial charge in [-0.1, -0.05) is 31.5 Å². The Morgan fingerprint density at radius 3 is 2.25 bits per heavy atom. The van der Waals surface area contributed by atoms with Crippen LogP contribution in [0.25, 0.3) is 0 Å². The van der Waals surface area contributed by atoms with Gasteiger partial charge in [-0.25, -0.2) is 12.8 Å². The summed E-state index contributed by atoms with van der Waals surface area (Å²) in [6.07, 6.45) is 1.92. The average molecular weight is 405 g/mol. The predicted molar refractivity (Wildman–Crippen MR) is 106 cm³/mol. The first-order valence-electron chi connectivity index (χ1n) is 9.47. The van der Waals surface area contributed by atoms with E-state index in [1.807, 2.05) is 12.1 Å². The van der Waals surface area contributed by atoms with Gasteiger partial charge in [-0.15, -0.1) is 0 Å². The van der Waals surface area contributed by atoms with Crippen LogP contribution < -0.4 is 0 Å². The van der Waals surface area contributed by atoms with Crippen molar-refractivity contribution in [2.75, 3.05) is 26.2 Å². The fourth-order valence-electron chi connectivity index (χ4n) is 3.31. The number of carbonyl (C=O) groups excluding carboxylic acids is 1. The molecule has 0 bridgehead atoms. The topological polar surface area (TPSA) is 57.7 Å². The van der Waals surface area contributed by atoms with E-state index in [1.54, 1.807) is 36.1 Å². The molecule has 0 spiro atoms. The molecule has 1 amide bonds. The largest absolute Gasteiger partial charge is 0.336 e. The molecule has 1 aliphatic heterocycles. The highest BCUT2D eigenvalue weighted by Gasteiger charge is 2.30. The van der Waals surface area contributed by atoms with Crippen molar-refractivity contribution in [2.24, 2.45) is 0 Å². The van der Waals surface area contributed by atoms with Gasteiger partial charge >= 0.3 is 0 Å². The Labute approximate surface area is 165 Å². The lowest BCUT2D eigenvalue weighted by Gasteiger charge is -2.34. The number of amides is 1. The molecule has 0 aliphatic carbocycles. The van der Waals surface area contributed by atoms with Crippen LogP contribution in [0.1, 0.15) is 34.8 Å². The number of halogens is 1. The van der Waals surface area contributed by atoms with Gasteiger partial charge in [-0.05, 0) is 48.7 Å². The molecule has 0 N–H and O–H groups in total. The zero-order chi connectivity index (χ0) is 20.3. The molecule has 150 valence electrons. The second-order valence-corrected chi connectivity index (χ2v) is 8.99. The lowest BCUT2D eigenvalue weighted by Crippen LogP contribution is -2.50. The first-order valence-corrected chi connectivity index (χ1v) is 10.9. The van der Waals surface area contributed by atoms with E-state index in [0.29, 0.717) is 5.56 Å². The number of piperazine rings is 1. The number of nitrogens with zero attached hydrogens (tertiary/aromatic N) is 2. The quantitative estimate of drug-likeness (QED) is 0.769. The highest BCUT2D eigenvalue weighted by molar-refractivity contribution is 7.89. The summed E-state index contributed by atoms with van der Waals surface area (Å²) in [5, 5.41) is 0. The Balaban J connectivity index is 1.66. The van der Waals surface area contributed by atoms with Crippen LogP contribution in [0.5, 0.6) is 0 Å². The third kappa shape index (κ3) is 4.25. The third-order valence-corrected chi connectivity index (χ3v) is 6.96. The predicted octanol–water partition coefficient (Wildman–Crippen LogP) is 3.23. The van der Waals surface area contributed by atoms with Crippen LogP contribution in [0.3, 0.4) is 0 Å². The van der Waals surface area contributed by atoms with Crippen molar-refractivity contribution in [2.45, 2.75) is 31.6 Å². The minimum atomic E-state index is -3.58. The van der Waals surface area contributed by atoms with Gasteiger partial charge in [-0.3, -0.25) is 4.79 Å². The molecule has 0 atom stereocenters. The number of hydrogen-bond acceptors (Lipinski definition) is 3. The van der Waals surface area contributed by atoms with Crippen molar-refractivity contribution in [1.29, 1.82) is 0 Å². The van der Waals surface area contributed by atoms with Crippen LogP contribution in [0.2, 0.25) is 0 Å². The van der Waals surface area contributed by atoms with E-state index in [1.165, 1.54) is 10.4 Å². The normalized spacial score (nSPS) is 15.6. The molecule has 1 heterocycles. The highest BCUT2D eigenvalue weighted by atomic mass is 32.2. The van der Waals surface area contributed by atoms with Gasteiger partial charge in [-0.2, -0.15) is 4.31 Å². The minimum absolute atomic E-state index is 0.221. The first kappa shape index (κ1) is 20.5. The van der Waals surface area contributed by atoms with E-state index in [-0.39, 0.29) is 42.5 Å². The van der Waals surface area contributed by atoms with Crippen molar-refractivity contribution in [3.05, 3.63) is 65.0 Å². The Morgan fingerprint density at radius 2 is 1.68 bits per heavy atom. The molecule has 0 unspecified atom stereocenters. The summed E-state index contributed by atoms with van der Waals surface area (Å²) in [5.41, 5.74) is 1.88. The second-order valence-electron chi connectivity index (χ2n) is 7.05. The fourth-order valence-corrected chi connectivity index (χ4v) is 4.73. The third-order valence-electron chi connectivity index (χ3n) is 5.04. The van der Waals surface area contributed by atoms with Crippen LogP contribution in [0.4, 0.5) is 4.39 Å². The molecule has 1 fully saturated rings. The molecule has 1 aliphatic rings. The molecule has 0 aromatic heterocycles. The van der Waals surface area contributed by atoms with Crippen LogP contribution >= 0.6 is 0 Å². The SMILES string of the molecule is CCCc1ccc(S(=O)(=O)N2CCN(C(=O)c3ccc(C)c(F)c3)CC2)cc1. The van der Waals surface area contributed by atoms with E-state index in [4.69, 9.17) is 0 Å². The summed E-state index contributed by atoms with van der Waals surface area (Å²) >= 11 is 0. The molecular formula is C21H25FN2O3S. The van der Waals surface area contributed by atoms with Crippen molar-refractivity contribution < 1.29 is 17.6 Å². The number of hydrogen-bond donors (Lipinski definition) is 0. The number of aryl methyl sites for hydroxylation is 2. The zero-order valence-electron chi connectivity index (χ0n) is 16.2. The molecule has 3 rings (SSSR count). The Kier molecular flexibility index (Phi) is 6.15. The molecule has 2 aromatic carbocycles. The average Bonchev–Trinajstić information content (AvgIpc) is 2.70. The maximum absolute atomic E-state index is 13.7. The monoisotopic (exact) mass is 404 g/mol. The summed E-state index contributed by atoms with van der Waals surface area (Å²) in [4.78, 5) is 14.4. The van der Waals surface area contributed by atoms with Crippen molar-refractivity contribution in [3.8, 4) is 0 Å². The lowest BCUT2D eigenvalue weighted by atomic mass is 10.1. The molecule has 0 saturated carbocycles. The Bertz CT molecular complexity index is 950. The van der Waals surface area contributed by atoms with Gasteiger partial charge in [0.15, 0.2) is 0 Å². The van der Waals surface area contributed by atoms with Crippen LogP contribution in [0, 0.1) is 12.7 Å². The molecule has 1 saturated heterocycles. The molecular weight excluding hydrogens is 379 g/mol. The van der Waals surface area contributed by atoms with Crippen molar-refractivity contribution in [1.82, 2.24) is 9.21 Å². The van der Waals surface area contributed by atoms with Crippen LogP contribution in [0.15, 0.2) is 47.4 Å².